The molecule has 0 aromatic heterocycles. The van der Waals surface area contributed by atoms with Gasteiger partial charge in [-0.15, -0.1) is 0 Å². The fourth-order valence-electron chi connectivity index (χ4n) is 2.15. The molecule has 1 fully saturated rings. The minimum absolute atomic E-state index is 0.119. The van der Waals surface area contributed by atoms with E-state index in [4.69, 9.17) is 5.73 Å². The number of nitrogens with zero attached hydrogens (tertiary/aromatic N) is 1. The summed E-state index contributed by atoms with van der Waals surface area (Å²) in [5.74, 6) is 5.51. The largest absolute Gasteiger partial charge is 0.389 e. The molecule has 3 N–H and O–H groups in total. The van der Waals surface area contributed by atoms with E-state index in [0.29, 0.717) is 18.5 Å². The number of hydrogen-bond donors (Lipinski definition) is 2. The fourth-order valence-corrected chi connectivity index (χ4v) is 3.75. The number of rotatable bonds is 2. The average Bonchev–Trinajstić information content (AvgIpc) is 2.78. The zero-order valence-corrected chi connectivity index (χ0v) is 12.2. The van der Waals surface area contributed by atoms with E-state index >= 15 is 0 Å². The molecule has 5 nitrogen and oxygen atoms in total. The molecule has 0 saturated carbocycles. The van der Waals surface area contributed by atoms with E-state index in [1.54, 1.807) is 19.1 Å². The van der Waals surface area contributed by atoms with Crippen LogP contribution in [0.4, 0.5) is 0 Å². The molecule has 1 aliphatic heterocycles. The first-order valence-electron chi connectivity index (χ1n) is 6.37. The van der Waals surface area contributed by atoms with Gasteiger partial charge in [-0.05, 0) is 31.5 Å². The molecular formula is C14H18N2O3S. The lowest BCUT2D eigenvalue weighted by molar-refractivity contribution is 0.0762. The van der Waals surface area contributed by atoms with Crippen molar-refractivity contribution >= 4 is 10.0 Å². The van der Waals surface area contributed by atoms with Gasteiger partial charge in [0.25, 0.3) is 0 Å². The predicted octanol–water partition coefficient (Wildman–Crippen LogP) is 0.142. The van der Waals surface area contributed by atoms with Crippen LogP contribution in [0.1, 0.15) is 18.9 Å². The maximum absolute atomic E-state index is 12.5. The molecule has 1 heterocycles. The summed E-state index contributed by atoms with van der Waals surface area (Å²) in [7, 11) is -3.58. The summed E-state index contributed by atoms with van der Waals surface area (Å²) in [6, 6.07) is 6.46. The summed E-state index contributed by atoms with van der Waals surface area (Å²) in [6.07, 6.45) is 0.443. The third-order valence-electron chi connectivity index (χ3n) is 3.22. The van der Waals surface area contributed by atoms with Crippen molar-refractivity contribution in [2.75, 3.05) is 19.6 Å². The van der Waals surface area contributed by atoms with Crippen molar-refractivity contribution in [2.24, 2.45) is 5.73 Å². The first kappa shape index (κ1) is 15.0. The number of aliphatic hydroxyl groups is 1. The Morgan fingerprint density at radius 2 is 2.25 bits per heavy atom. The maximum atomic E-state index is 12.5. The van der Waals surface area contributed by atoms with Crippen molar-refractivity contribution in [2.45, 2.75) is 23.8 Å². The average molecular weight is 294 g/mol. The van der Waals surface area contributed by atoms with Gasteiger partial charge in [0.1, 0.15) is 0 Å². The van der Waals surface area contributed by atoms with E-state index in [1.165, 1.54) is 16.4 Å². The Labute approximate surface area is 119 Å². The molecular weight excluding hydrogens is 276 g/mol. The highest BCUT2D eigenvalue weighted by Crippen LogP contribution is 2.26. The molecule has 20 heavy (non-hydrogen) atoms. The lowest BCUT2D eigenvalue weighted by atomic mass is 10.1. The molecule has 1 atom stereocenters. The van der Waals surface area contributed by atoms with E-state index in [0.717, 1.165) is 0 Å². The molecule has 1 saturated heterocycles. The van der Waals surface area contributed by atoms with Gasteiger partial charge in [0.15, 0.2) is 0 Å². The van der Waals surface area contributed by atoms with Crippen LogP contribution in [0.25, 0.3) is 0 Å². The van der Waals surface area contributed by atoms with Crippen LogP contribution in [-0.4, -0.2) is 43.1 Å². The molecule has 1 aromatic rings. The number of β-amino-alcohol motifs (C(OH)–C–C–N with tert-alkyl or cyclic N) is 1. The molecule has 0 aliphatic carbocycles. The molecule has 1 unspecified atom stereocenters. The number of benzene rings is 1. The monoisotopic (exact) mass is 294 g/mol. The summed E-state index contributed by atoms with van der Waals surface area (Å²) >= 11 is 0. The molecule has 0 radical (unpaired) electrons. The second kappa shape index (κ2) is 5.54. The Bertz CT molecular complexity index is 656. The van der Waals surface area contributed by atoms with Crippen LogP contribution in [0.2, 0.25) is 0 Å². The van der Waals surface area contributed by atoms with Crippen LogP contribution < -0.4 is 5.73 Å². The van der Waals surface area contributed by atoms with Gasteiger partial charge in [0.05, 0.1) is 17.0 Å². The van der Waals surface area contributed by atoms with E-state index in [9.17, 15) is 13.5 Å². The van der Waals surface area contributed by atoms with Crippen LogP contribution in [0.5, 0.6) is 0 Å². The fraction of sp³-hybridized carbons (Fsp3) is 0.429. The minimum atomic E-state index is -3.58. The van der Waals surface area contributed by atoms with Gasteiger partial charge < -0.3 is 10.8 Å². The zero-order chi connectivity index (χ0) is 14.8. The third kappa shape index (κ3) is 3.19. The van der Waals surface area contributed by atoms with Crippen LogP contribution in [0, 0.1) is 11.8 Å². The summed E-state index contributed by atoms with van der Waals surface area (Å²) in [6.45, 7) is 2.32. The first-order valence-corrected chi connectivity index (χ1v) is 7.81. The minimum Gasteiger partial charge on any atom is -0.389 e. The first-order chi connectivity index (χ1) is 9.35. The van der Waals surface area contributed by atoms with Crippen molar-refractivity contribution < 1.29 is 13.5 Å². The quantitative estimate of drug-likeness (QED) is 0.760. The van der Waals surface area contributed by atoms with Gasteiger partial charge in [-0.3, -0.25) is 0 Å². The standard InChI is InChI=1S/C14H18N2O3S/c1-14(17)7-9-16(11-14)20(18,19)13-6-2-4-12(10-13)5-3-8-15/h2,4,6,10,17H,7-9,11,15H2,1H3. The van der Waals surface area contributed by atoms with Gasteiger partial charge in [-0.2, -0.15) is 4.31 Å². The SMILES string of the molecule is CC1(O)CCN(S(=O)(=O)c2cccc(C#CCN)c2)C1. The predicted molar refractivity (Wildman–Crippen MR) is 76.4 cm³/mol. The molecule has 0 amide bonds. The van der Waals surface area contributed by atoms with Crippen molar-refractivity contribution in [1.82, 2.24) is 4.31 Å². The van der Waals surface area contributed by atoms with Crippen molar-refractivity contribution in [3.8, 4) is 11.8 Å². The number of hydrogen-bond acceptors (Lipinski definition) is 4. The molecule has 0 spiro atoms. The summed E-state index contributed by atoms with van der Waals surface area (Å²) in [4.78, 5) is 0.194. The topological polar surface area (TPSA) is 83.6 Å². The highest BCUT2D eigenvalue weighted by molar-refractivity contribution is 7.89. The second-order valence-corrected chi connectivity index (χ2v) is 7.06. The van der Waals surface area contributed by atoms with Gasteiger partial charge in [0, 0.05) is 18.7 Å². The highest BCUT2D eigenvalue weighted by atomic mass is 32.2. The van der Waals surface area contributed by atoms with E-state index < -0.39 is 15.6 Å². The van der Waals surface area contributed by atoms with Crippen molar-refractivity contribution in [3.05, 3.63) is 29.8 Å². The highest BCUT2D eigenvalue weighted by Gasteiger charge is 2.38. The van der Waals surface area contributed by atoms with E-state index in [-0.39, 0.29) is 18.0 Å². The Balaban J connectivity index is 2.31. The normalized spacial score (nSPS) is 23.4. The van der Waals surface area contributed by atoms with Gasteiger partial charge in [0.2, 0.25) is 10.0 Å². The molecule has 108 valence electrons. The van der Waals surface area contributed by atoms with Crippen LogP contribution in [0.15, 0.2) is 29.2 Å². The van der Waals surface area contributed by atoms with Crippen LogP contribution in [-0.2, 0) is 10.0 Å². The van der Waals surface area contributed by atoms with E-state index in [1.807, 2.05) is 0 Å². The molecule has 6 heteroatoms. The van der Waals surface area contributed by atoms with E-state index in [2.05, 4.69) is 11.8 Å². The molecule has 2 rings (SSSR count). The van der Waals surface area contributed by atoms with Gasteiger partial charge in [-0.25, -0.2) is 8.42 Å². The third-order valence-corrected chi connectivity index (χ3v) is 5.06. The summed E-state index contributed by atoms with van der Waals surface area (Å²) in [5.41, 5.74) is 4.96. The Kier molecular flexibility index (Phi) is 4.16. The zero-order valence-electron chi connectivity index (χ0n) is 11.3. The van der Waals surface area contributed by atoms with Crippen molar-refractivity contribution in [3.63, 3.8) is 0 Å². The van der Waals surface area contributed by atoms with Crippen LogP contribution >= 0.6 is 0 Å². The Hall–Kier alpha value is -1.39. The maximum Gasteiger partial charge on any atom is 0.243 e. The number of sulfonamides is 1. The lowest BCUT2D eigenvalue weighted by Crippen LogP contribution is -2.33. The second-order valence-electron chi connectivity index (χ2n) is 5.12. The Morgan fingerprint density at radius 1 is 1.50 bits per heavy atom. The van der Waals surface area contributed by atoms with Crippen molar-refractivity contribution in [1.29, 1.82) is 0 Å². The lowest BCUT2D eigenvalue weighted by Gasteiger charge is -2.19. The number of nitrogens with two attached hydrogens (primary N) is 1. The molecule has 0 bridgehead atoms. The Morgan fingerprint density at radius 3 is 2.85 bits per heavy atom. The van der Waals surface area contributed by atoms with Gasteiger partial charge in [-0.1, -0.05) is 17.9 Å². The van der Waals surface area contributed by atoms with Gasteiger partial charge >= 0.3 is 0 Å². The molecule has 1 aromatic carbocycles. The smallest absolute Gasteiger partial charge is 0.243 e. The summed E-state index contributed by atoms with van der Waals surface area (Å²) < 4.78 is 26.3. The summed E-state index contributed by atoms with van der Waals surface area (Å²) in [5, 5.41) is 9.90. The molecule has 1 aliphatic rings. The van der Waals surface area contributed by atoms with Crippen LogP contribution in [0.3, 0.4) is 0 Å².